The van der Waals surface area contributed by atoms with Gasteiger partial charge in [-0.15, -0.1) is 11.8 Å². The summed E-state index contributed by atoms with van der Waals surface area (Å²) in [6.45, 7) is 5.47. The molecule has 0 fully saturated rings. The van der Waals surface area contributed by atoms with Crippen LogP contribution in [-0.2, 0) is 16.6 Å². The zero-order chi connectivity index (χ0) is 14.1. The number of hydrogen-bond donors (Lipinski definition) is 2. The Labute approximate surface area is 114 Å². The molecule has 0 aliphatic heterocycles. The van der Waals surface area contributed by atoms with E-state index >= 15 is 0 Å². The lowest BCUT2D eigenvalue weighted by molar-refractivity contribution is 0.400. The maximum absolute atomic E-state index is 11.9. The molecule has 19 heavy (non-hydrogen) atoms. The molecule has 1 rings (SSSR count). The summed E-state index contributed by atoms with van der Waals surface area (Å²) in [5, 5.41) is 3.10. The number of furan rings is 1. The highest BCUT2D eigenvalue weighted by atomic mass is 32.2. The predicted molar refractivity (Wildman–Crippen MR) is 74.0 cm³/mol. The molecule has 1 aromatic heterocycles. The second-order valence-corrected chi connectivity index (χ2v) is 5.67. The molecule has 1 aromatic rings. The number of nitrogens with one attached hydrogen (secondary N) is 2. The van der Waals surface area contributed by atoms with E-state index in [9.17, 15) is 8.42 Å². The van der Waals surface area contributed by atoms with Crippen LogP contribution in [0.5, 0.6) is 0 Å². The van der Waals surface area contributed by atoms with Crippen LogP contribution in [0.25, 0.3) is 0 Å². The quantitative estimate of drug-likeness (QED) is 0.560. The SMILES string of the molecule is CC#CCCNS(=O)(=O)c1ccc(CNCCC)o1. The summed E-state index contributed by atoms with van der Waals surface area (Å²) in [6, 6.07) is 3.14. The molecular weight excluding hydrogens is 264 g/mol. The van der Waals surface area contributed by atoms with Crippen LogP contribution in [0.1, 0.15) is 32.4 Å². The Morgan fingerprint density at radius 2 is 2.11 bits per heavy atom. The summed E-state index contributed by atoms with van der Waals surface area (Å²) in [4.78, 5) is 0. The first kappa shape index (κ1) is 15.8. The van der Waals surface area contributed by atoms with Gasteiger partial charge in [0.1, 0.15) is 5.76 Å². The van der Waals surface area contributed by atoms with Crippen LogP contribution in [-0.4, -0.2) is 21.5 Å². The Morgan fingerprint density at radius 1 is 1.32 bits per heavy atom. The van der Waals surface area contributed by atoms with Crippen molar-refractivity contribution in [3.63, 3.8) is 0 Å². The van der Waals surface area contributed by atoms with Gasteiger partial charge in [0, 0.05) is 13.0 Å². The Morgan fingerprint density at radius 3 is 2.79 bits per heavy atom. The summed E-state index contributed by atoms with van der Waals surface area (Å²) < 4.78 is 31.5. The molecule has 0 atom stereocenters. The van der Waals surface area contributed by atoms with Gasteiger partial charge in [-0.05, 0) is 32.0 Å². The molecule has 5 nitrogen and oxygen atoms in total. The molecule has 106 valence electrons. The highest BCUT2D eigenvalue weighted by Gasteiger charge is 2.17. The van der Waals surface area contributed by atoms with Crippen molar-refractivity contribution < 1.29 is 12.8 Å². The van der Waals surface area contributed by atoms with Gasteiger partial charge in [0.25, 0.3) is 10.0 Å². The Hall–Kier alpha value is -1.29. The largest absolute Gasteiger partial charge is 0.447 e. The van der Waals surface area contributed by atoms with Gasteiger partial charge in [0.2, 0.25) is 5.09 Å². The third-order valence-corrected chi connectivity index (χ3v) is 3.68. The van der Waals surface area contributed by atoms with Crippen molar-refractivity contribution in [1.29, 1.82) is 0 Å². The molecule has 0 bridgehead atoms. The van der Waals surface area contributed by atoms with Gasteiger partial charge in [-0.25, -0.2) is 13.1 Å². The van der Waals surface area contributed by atoms with Gasteiger partial charge >= 0.3 is 0 Å². The van der Waals surface area contributed by atoms with Gasteiger partial charge in [-0.2, -0.15) is 0 Å². The summed E-state index contributed by atoms with van der Waals surface area (Å²) in [5.41, 5.74) is 0. The van der Waals surface area contributed by atoms with E-state index < -0.39 is 10.0 Å². The summed E-state index contributed by atoms with van der Waals surface area (Å²) >= 11 is 0. The second kappa shape index (κ2) is 8.00. The third-order valence-electron chi connectivity index (χ3n) is 2.35. The topological polar surface area (TPSA) is 71.3 Å². The Bertz CT molecular complexity index is 538. The van der Waals surface area contributed by atoms with Crippen LogP contribution in [0.4, 0.5) is 0 Å². The van der Waals surface area contributed by atoms with Gasteiger partial charge < -0.3 is 9.73 Å². The van der Waals surface area contributed by atoms with Gasteiger partial charge in [0.05, 0.1) is 6.54 Å². The predicted octanol–water partition coefficient (Wildman–Crippen LogP) is 1.47. The van der Waals surface area contributed by atoms with E-state index in [-0.39, 0.29) is 11.6 Å². The van der Waals surface area contributed by atoms with E-state index in [0.29, 0.717) is 18.7 Å². The number of rotatable bonds is 8. The first-order chi connectivity index (χ1) is 9.10. The van der Waals surface area contributed by atoms with Crippen LogP contribution in [0, 0.1) is 11.8 Å². The average Bonchev–Trinajstić information content (AvgIpc) is 2.85. The van der Waals surface area contributed by atoms with Crippen molar-refractivity contribution in [2.75, 3.05) is 13.1 Å². The Kier molecular flexibility index (Phi) is 6.64. The number of hydrogen-bond acceptors (Lipinski definition) is 4. The standard InChI is InChI=1S/C13H20N2O3S/c1-3-5-6-10-15-19(16,17)13-8-7-12(18-13)11-14-9-4-2/h7-8,14-15H,4,6,9-11H2,1-2H3. The molecule has 6 heteroatoms. The van der Waals surface area contributed by atoms with Crippen LogP contribution in [0.2, 0.25) is 0 Å². The van der Waals surface area contributed by atoms with E-state index in [1.54, 1.807) is 13.0 Å². The fourth-order valence-corrected chi connectivity index (χ4v) is 2.41. The van der Waals surface area contributed by atoms with Gasteiger partial charge in [0.15, 0.2) is 0 Å². The molecule has 0 saturated carbocycles. The van der Waals surface area contributed by atoms with Crippen LogP contribution < -0.4 is 10.0 Å². The van der Waals surface area contributed by atoms with E-state index in [1.807, 2.05) is 0 Å². The van der Waals surface area contributed by atoms with Crippen molar-refractivity contribution in [2.24, 2.45) is 0 Å². The van der Waals surface area contributed by atoms with Crippen molar-refractivity contribution in [1.82, 2.24) is 10.0 Å². The fraction of sp³-hybridized carbons (Fsp3) is 0.538. The monoisotopic (exact) mass is 284 g/mol. The summed E-state index contributed by atoms with van der Waals surface area (Å²) in [7, 11) is -3.56. The smallest absolute Gasteiger partial charge is 0.273 e. The average molecular weight is 284 g/mol. The normalized spacial score (nSPS) is 11.1. The lowest BCUT2D eigenvalue weighted by Gasteiger charge is -2.02. The fourth-order valence-electron chi connectivity index (χ4n) is 1.43. The zero-order valence-corrected chi connectivity index (χ0v) is 12.1. The maximum atomic E-state index is 11.9. The first-order valence-electron chi connectivity index (χ1n) is 6.29. The molecule has 0 spiro atoms. The lowest BCUT2D eigenvalue weighted by atomic mass is 10.4. The van der Waals surface area contributed by atoms with Crippen molar-refractivity contribution in [3.05, 3.63) is 17.9 Å². The summed E-state index contributed by atoms with van der Waals surface area (Å²) in [6.07, 6.45) is 1.51. The molecule has 0 aromatic carbocycles. The number of sulfonamides is 1. The third kappa shape index (κ3) is 5.47. The van der Waals surface area contributed by atoms with Gasteiger partial charge in [-0.1, -0.05) is 6.92 Å². The van der Waals surface area contributed by atoms with E-state index in [2.05, 4.69) is 28.8 Å². The van der Waals surface area contributed by atoms with E-state index in [0.717, 1.165) is 13.0 Å². The highest BCUT2D eigenvalue weighted by Crippen LogP contribution is 2.13. The highest BCUT2D eigenvalue weighted by molar-refractivity contribution is 7.89. The van der Waals surface area contributed by atoms with Gasteiger partial charge in [-0.3, -0.25) is 0 Å². The zero-order valence-electron chi connectivity index (χ0n) is 11.3. The van der Waals surface area contributed by atoms with Crippen LogP contribution in [0.15, 0.2) is 21.6 Å². The van der Waals surface area contributed by atoms with E-state index in [4.69, 9.17) is 4.42 Å². The second-order valence-electron chi connectivity index (χ2n) is 3.97. The molecule has 0 aliphatic rings. The van der Waals surface area contributed by atoms with Crippen LogP contribution in [0.3, 0.4) is 0 Å². The van der Waals surface area contributed by atoms with Crippen molar-refractivity contribution in [3.8, 4) is 11.8 Å². The maximum Gasteiger partial charge on any atom is 0.273 e. The first-order valence-corrected chi connectivity index (χ1v) is 7.77. The molecule has 1 heterocycles. The minimum atomic E-state index is -3.56. The minimum Gasteiger partial charge on any atom is -0.447 e. The molecule has 0 amide bonds. The Balaban J connectivity index is 2.55. The van der Waals surface area contributed by atoms with Crippen molar-refractivity contribution in [2.45, 2.75) is 38.3 Å². The summed E-state index contributed by atoms with van der Waals surface area (Å²) in [5.74, 6) is 6.12. The lowest BCUT2D eigenvalue weighted by Crippen LogP contribution is -2.24. The molecule has 0 aliphatic carbocycles. The molecule has 0 saturated heterocycles. The minimum absolute atomic E-state index is 0.0507. The van der Waals surface area contributed by atoms with Crippen molar-refractivity contribution >= 4 is 10.0 Å². The molecular formula is C13H20N2O3S. The van der Waals surface area contributed by atoms with E-state index in [1.165, 1.54) is 6.07 Å². The van der Waals surface area contributed by atoms with Crippen LogP contribution >= 0.6 is 0 Å². The molecule has 0 radical (unpaired) electrons. The molecule has 2 N–H and O–H groups in total. The molecule has 0 unspecified atom stereocenters.